The van der Waals surface area contributed by atoms with Crippen LogP contribution in [0.5, 0.6) is 11.5 Å². The Labute approximate surface area is 198 Å². The zero-order chi connectivity index (χ0) is 21.5. The van der Waals surface area contributed by atoms with E-state index >= 15 is 0 Å². The van der Waals surface area contributed by atoms with Crippen LogP contribution in [-0.2, 0) is 6.61 Å². The summed E-state index contributed by atoms with van der Waals surface area (Å²) in [5.41, 5.74) is 4.59. The van der Waals surface area contributed by atoms with E-state index in [1.54, 1.807) is 43.5 Å². The van der Waals surface area contributed by atoms with E-state index in [9.17, 15) is 4.79 Å². The highest BCUT2D eigenvalue weighted by Gasteiger charge is 2.08. The molecule has 0 spiro atoms. The Morgan fingerprint density at radius 1 is 1.10 bits per heavy atom. The molecule has 1 amide bonds. The molecule has 0 bridgehead atoms. The van der Waals surface area contributed by atoms with E-state index in [1.807, 2.05) is 24.3 Å². The molecule has 0 saturated heterocycles. The molecular formula is C22H17Cl2IN2O3. The van der Waals surface area contributed by atoms with E-state index in [0.29, 0.717) is 27.1 Å². The standard InChI is InChI=1S/C22H17Cl2IN2O3/c1-29-20-8-5-14(12-26-27-22(28)15-3-2-4-18(25)10-15)9-21(20)30-13-16-6-7-17(23)11-19(16)24/h2-12H,13H2,1H3,(H,27,28)/b26-12-. The fraction of sp³-hybridized carbons (Fsp3) is 0.0909. The van der Waals surface area contributed by atoms with Gasteiger partial charge >= 0.3 is 0 Å². The maximum Gasteiger partial charge on any atom is 0.271 e. The van der Waals surface area contributed by atoms with E-state index in [0.717, 1.165) is 14.7 Å². The number of hydrazone groups is 1. The summed E-state index contributed by atoms with van der Waals surface area (Å²) in [6.07, 6.45) is 1.54. The van der Waals surface area contributed by atoms with Crippen molar-refractivity contribution < 1.29 is 14.3 Å². The molecule has 8 heteroatoms. The lowest BCUT2D eigenvalue weighted by atomic mass is 10.2. The van der Waals surface area contributed by atoms with E-state index in [-0.39, 0.29) is 12.5 Å². The average molecular weight is 555 g/mol. The highest BCUT2D eigenvalue weighted by atomic mass is 127. The van der Waals surface area contributed by atoms with Crippen LogP contribution >= 0.6 is 45.8 Å². The fourth-order valence-corrected chi connectivity index (χ4v) is 3.55. The lowest BCUT2D eigenvalue weighted by Gasteiger charge is -2.12. The van der Waals surface area contributed by atoms with Gasteiger partial charge in [-0.05, 0) is 76.7 Å². The number of amides is 1. The van der Waals surface area contributed by atoms with Gasteiger partial charge in [0, 0.05) is 24.7 Å². The minimum Gasteiger partial charge on any atom is -0.493 e. The molecule has 3 aromatic rings. The van der Waals surface area contributed by atoms with Crippen molar-refractivity contribution in [1.82, 2.24) is 5.43 Å². The first-order valence-corrected chi connectivity index (χ1v) is 10.6. The van der Waals surface area contributed by atoms with Gasteiger partial charge in [-0.15, -0.1) is 0 Å². The summed E-state index contributed by atoms with van der Waals surface area (Å²) in [6, 6.07) is 17.8. The van der Waals surface area contributed by atoms with Gasteiger partial charge in [-0.3, -0.25) is 4.79 Å². The third-order valence-electron chi connectivity index (χ3n) is 4.05. The van der Waals surface area contributed by atoms with Crippen molar-refractivity contribution in [2.24, 2.45) is 5.10 Å². The second-order valence-corrected chi connectivity index (χ2v) is 8.23. The number of ether oxygens (including phenoxy) is 2. The molecule has 0 fully saturated rings. The Bertz CT molecular complexity index is 1090. The van der Waals surface area contributed by atoms with Crippen LogP contribution in [0, 0.1) is 3.57 Å². The molecule has 5 nitrogen and oxygen atoms in total. The highest BCUT2D eigenvalue weighted by Crippen LogP contribution is 2.29. The summed E-state index contributed by atoms with van der Waals surface area (Å²) in [6.45, 7) is 0.246. The van der Waals surface area contributed by atoms with Gasteiger partial charge in [-0.2, -0.15) is 5.10 Å². The summed E-state index contributed by atoms with van der Waals surface area (Å²) in [7, 11) is 1.56. The van der Waals surface area contributed by atoms with Gasteiger partial charge in [-0.25, -0.2) is 5.43 Å². The largest absolute Gasteiger partial charge is 0.493 e. The maximum atomic E-state index is 12.2. The quantitative estimate of drug-likeness (QED) is 0.223. The Morgan fingerprint density at radius 2 is 1.93 bits per heavy atom. The maximum absolute atomic E-state index is 12.2. The lowest BCUT2D eigenvalue weighted by molar-refractivity contribution is 0.0955. The van der Waals surface area contributed by atoms with Crippen LogP contribution in [0.2, 0.25) is 10.0 Å². The predicted molar refractivity (Wildman–Crippen MR) is 128 cm³/mol. The number of rotatable bonds is 7. The second kappa shape index (κ2) is 10.7. The summed E-state index contributed by atoms with van der Waals surface area (Å²) in [4.78, 5) is 12.2. The van der Waals surface area contributed by atoms with Gasteiger partial charge in [0.05, 0.1) is 13.3 Å². The molecule has 0 aliphatic rings. The molecule has 0 unspecified atom stereocenters. The summed E-state index contributed by atoms with van der Waals surface area (Å²) >= 11 is 14.3. The van der Waals surface area contributed by atoms with Gasteiger partial charge < -0.3 is 9.47 Å². The zero-order valence-corrected chi connectivity index (χ0v) is 19.5. The first-order valence-electron chi connectivity index (χ1n) is 8.80. The van der Waals surface area contributed by atoms with Gasteiger partial charge in [-0.1, -0.05) is 35.3 Å². The molecule has 0 aromatic heterocycles. The van der Waals surface area contributed by atoms with Crippen LogP contribution in [0.15, 0.2) is 65.8 Å². The van der Waals surface area contributed by atoms with Gasteiger partial charge in [0.15, 0.2) is 11.5 Å². The minimum absolute atomic E-state index is 0.246. The Hall–Kier alpha value is -2.29. The van der Waals surface area contributed by atoms with Crippen LogP contribution < -0.4 is 14.9 Å². The number of carbonyl (C=O) groups excluding carboxylic acids is 1. The van der Waals surface area contributed by atoms with Crippen LogP contribution in [-0.4, -0.2) is 19.2 Å². The molecule has 30 heavy (non-hydrogen) atoms. The normalized spacial score (nSPS) is 10.8. The third-order valence-corrected chi connectivity index (χ3v) is 5.31. The van der Waals surface area contributed by atoms with Crippen molar-refractivity contribution in [3.63, 3.8) is 0 Å². The Morgan fingerprint density at radius 3 is 2.67 bits per heavy atom. The van der Waals surface area contributed by atoms with E-state index in [1.165, 1.54) is 6.21 Å². The number of carbonyl (C=O) groups is 1. The number of nitrogens with one attached hydrogen (secondary N) is 1. The van der Waals surface area contributed by atoms with E-state index < -0.39 is 0 Å². The molecule has 154 valence electrons. The molecular weight excluding hydrogens is 538 g/mol. The van der Waals surface area contributed by atoms with Crippen molar-refractivity contribution in [2.75, 3.05) is 7.11 Å². The van der Waals surface area contributed by atoms with Crippen LogP contribution in [0.1, 0.15) is 21.5 Å². The monoisotopic (exact) mass is 554 g/mol. The second-order valence-electron chi connectivity index (χ2n) is 6.14. The highest BCUT2D eigenvalue weighted by molar-refractivity contribution is 14.1. The van der Waals surface area contributed by atoms with Crippen LogP contribution in [0.25, 0.3) is 0 Å². The predicted octanol–water partition coefficient (Wildman–Crippen LogP) is 5.95. The number of halogens is 3. The van der Waals surface area contributed by atoms with Crippen LogP contribution in [0.3, 0.4) is 0 Å². The number of nitrogens with zero attached hydrogens (tertiary/aromatic N) is 1. The molecule has 0 saturated carbocycles. The zero-order valence-electron chi connectivity index (χ0n) is 15.9. The van der Waals surface area contributed by atoms with Crippen molar-refractivity contribution in [3.8, 4) is 11.5 Å². The average Bonchev–Trinajstić information content (AvgIpc) is 2.73. The van der Waals surface area contributed by atoms with Gasteiger partial charge in [0.1, 0.15) is 6.61 Å². The summed E-state index contributed by atoms with van der Waals surface area (Å²) < 4.78 is 12.2. The molecule has 0 atom stereocenters. The topological polar surface area (TPSA) is 59.9 Å². The minimum atomic E-state index is -0.285. The van der Waals surface area contributed by atoms with E-state index in [4.69, 9.17) is 32.7 Å². The molecule has 3 aromatic carbocycles. The number of methoxy groups -OCH3 is 1. The number of benzene rings is 3. The van der Waals surface area contributed by atoms with Gasteiger partial charge in [0.2, 0.25) is 0 Å². The Kier molecular flexibility index (Phi) is 7.95. The summed E-state index contributed by atoms with van der Waals surface area (Å²) in [5, 5.41) is 5.11. The van der Waals surface area contributed by atoms with Crippen LogP contribution in [0.4, 0.5) is 0 Å². The molecule has 0 heterocycles. The van der Waals surface area contributed by atoms with Crippen molar-refractivity contribution in [3.05, 3.63) is 91.0 Å². The third kappa shape index (κ3) is 6.10. The molecule has 0 radical (unpaired) electrons. The lowest BCUT2D eigenvalue weighted by Crippen LogP contribution is -2.17. The summed E-state index contributed by atoms with van der Waals surface area (Å²) in [5.74, 6) is 0.809. The SMILES string of the molecule is COc1ccc(/C=N\NC(=O)c2cccc(I)c2)cc1OCc1ccc(Cl)cc1Cl. The number of hydrogen-bond donors (Lipinski definition) is 1. The van der Waals surface area contributed by atoms with Gasteiger partial charge in [0.25, 0.3) is 5.91 Å². The first-order chi connectivity index (χ1) is 14.5. The Balaban J connectivity index is 1.69. The fourth-order valence-electron chi connectivity index (χ4n) is 2.54. The van der Waals surface area contributed by atoms with Crippen molar-refractivity contribution in [1.29, 1.82) is 0 Å². The molecule has 0 aliphatic heterocycles. The van der Waals surface area contributed by atoms with Crippen molar-refractivity contribution >= 4 is 57.9 Å². The van der Waals surface area contributed by atoms with E-state index in [2.05, 4.69) is 33.1 Å². The molecule has 3 rings (SSSR count). The molecule has 0 aliphatic carbocycles. The first kappa shape index (κ1) is 22.4. The number of hydrogen-bond acceptors (Lipinski definition) is 4. The van der Waals surface area contributed by atoms with Crippen molar-refractivity contribution in [2.45, 2.75) is 6.61 Å². The molecule has 1 N–H and O–H groups in total. The smallest absolute Gasteiger partial charge is 0.271 e.